The third-order valence-corrected chi connectivity index (χ3v) is 2.80. The minimum atomic E-state index is -0.514. The molecule has 0 bridgehead atoms. The molecule has 1 aromatic heterocycles. The molecule has 98 valence electrons. The lowest BCUT2D eigenvalue weighted by Crippen LogP contribution is -2.16. The van der Waals surface area contributed by atoms with Gasteiger partial charge in [0.2, 0.25) is 0 Å². The summed E-state index contributed by atoms with van der Waals surface area (Å²) in [5.41, 5.74) is 1.56. The Morgan fingerprint density at radius 3 is 2.70 bits per heavy atom. The Labute approximate surface area is 116 Å². The monoisotopic (exact) mass is 264 g/mol. The summed E-state index contributed by atoms with van der Waals surface area (Å²) in [6, 6.07) is 18.2. The van der Waals surface area contributed by atoms with E-state index in [0.29, 0.717) is 11.4 Å². The molecule has 0 radical (unpaired) electrons. The zero-order valence-corrected chi connectivity index (χ0v) is 10.6. The summed E-state index contributed by atoms with van der Waals surface area (Å²) in [6.45, 7) is 0. The van der Waals surface area contributed by atoms with Gasteiger partial charge in [0.1, 0.15) is 5.75 Å². The summed E-state index contributed by atoms with van der Waals surface area (Å²) in [4.78, 5) is 16.0. The summed E-state index contributed by atoms with van der Waals surface area (Å²) < 4.78 is 5.16. The molecule has 3 rings (SSSR count). The fourth-order valence-corrected chi connectivity index (χ4v) is 1.89. The Morgan fingerprint density at radius 1 is 1.00 bits per heavy atom. The number of benzene rings is 2. The summed E-state index contributed by atoms with van der Waals surface area (Å²) in [6.07, 6.45) is 1.22. The summed E-state index contributed by atoms with van der Waals surface area (Å²) >= 11 is 0. The molecule has 2 aromatic carbocycles. The summed E-state index contributed by atoms with van der Waals surface area (Å²) in [5.74, 6) is 0.507. The van der Waals surface area contributed by atoms with Crippen molar-refractivity contribution in [2.24, 2.45) is 0 Å². The van der Waals surface area contributed by atoms with Crippen molar-refractivity contribution in [3.05, 3.63) is 66.9 Å². The summed E-state index contributed by atoms with van der Waals surface area (Å²) in [7, 11) is 0. The van der Waals surface area contributed by atoms with Crippen molar-refractivity contribution in [3.63, 3.8) is 0 Å². The van der Waals surface area contributed by atoms with Gasteiger partial charge in [-0.3, -0.25) is 10.3 Å². The highest BCUT2D eigenvalue weighted by Gasteiger charge is 2.05. The minimum absolute atomic E-state index is 0.507. The first kappa shape index (κ1) is 12.2. The van der Waals surface area contributed by atoms with Crippen LogP contribution in [0.4, 0.5) is 10.5 Å². The number of carbonyl (C=O) groups is 1. The number of anilines is 1. The third-order valence-electron chi connectivity index (χ3n) is 2.80. The Morgan fingerprint density at radius 2 is 1.85 bits per heavy atom. The maximum atomic E-state index is 11.8. The molecule has 0 atom stereocenters. The predicted molar refractivity (Wildman–Crippen MR) is 77.8 cm³/mol. The van der Waals surface area contributed by atoms with Gasteiger partial charge in [0.25, 0.3) is 0 Å². The normalized spacial score (nSPS) is 10.2. The molecule has 0 aliphatic rings. The molecule has 4 nitrogen and oxygen atoms in total. The van der Waals surface area contributed by atoms with E-state index >= 15 is 0 Å². The van der Waals surface area contributed by atoms with E-state index in [1.165, 1.54) is 0 Å². The van der Waals surface area contributed by atoms with Crippen LogP contribution >= 0.6 is 0 Å². The molecule has 0 unspecified atom stereocenters. The first-order chi connectivity index (χ1) is 9.81. The fourth-order valence-electron chi connectivity index (χ4n) is 1.89. The number of hydrogen-bond donors (Lipinski definition) is 1. The maximum absolute atomic E-state index is 11.8. The van der Waals surface area contributed by atoms with Gasteiger partial charge in [0, 0.05) is 17.3 Å². The molecule has 0 saturated heterocycles. The van der Waals surface area contributed by atoms with E-state index in [9.17, 15) is 4.79 Å². The molecular weight excluding hydrogens is 252 g/mol. The van der Waals surface area contributed by atoms with Crippen molar-refractivity contribution in [2.45, 2.75) is 0 Å². The number of carbonyl (C=O) groups excluding carboxylic acids is 1. The van der Waals surface area contributed by atoms with Crippen molar-refractivity contribution < 1.29 is 9.53 Å². The first-order valence-corrected chi connectivity index (χ1v) is 6.20. The minimum Gasteiger partial charge on any atom is -0.410 e. The Balaban J connectivity index is 1.74. The smallest absolute Gasteiger partial charge is 0.410 e. The second-order valence-corrected chi connectivity index (χ2v) is 4.24. The highest BCUT2D eigenvalue weighted by Crippen LogP contribution is 2.17. The number of para-hydroxylation sites is 1. The number of nitrogens with zero attached hydrogens (tertiary/aromatic N) is 1. The van der Waals surface area contributed by atoms with Crippen LogP contribution in [0.5, 0.6) is 5.75 Å². The van der Waals surface area contributed by atoms with Gasteiger partial charge >= 0.3 is 6.09 Å². The average molecular weight is 264 g/mol. The van der Waals surface area contributed by atoms with Crippen LogP contribution in [0.3, 0.4) is 0 Å². The van der Waals surface area contributed by atoms with Crippen LogP contribution in [-0.4, -0.2) is 11.1 Å². The van der Waals surface area contributed by atoms with Crippen molar-refractivity contribution in [2.75, 3.05) is 5.32 Å². The van der Waals surface area contributed by atoms with Gasteiger partial charge in [-0.25, -0.2) is 4.79 Å². The summed E-state index contributed by atoms with van der Waals surface area (Å²) in [5, 5.41) is 3.66. The van der Waals surface area contributed by atoms with Crippen LogP contribution in [0, 0.1) is 0 Å². The van der Waals surface area contributed by atoms with E-state index in [1.54, 1.807) is 24.4 Å². The number of hydrogen-bond acceptors (Lipinski definition) is 3. The number of fused-ring (bicyclic) bond motifs is 1. The van der Waals surface area contributed by atoms with E-state index < -0.39 is 6.09 Å². The highest BCUT2D eigenvalue weighted by molar-refractivity contribution is 5.90. The van der Waals surface area contributed by atoms with Crippen molar-refractivity contribution in [1.29, 1.82) is 0 Å². The lowest BCUT2D eigenvalue weighted by atomic mass is 10.2. The maximum Gasteiger partial charge on any atom is 0.417 e. The lowest BCUT2D eigenvalue weighted by molar-refractivity contribution is 0.215. The predicted octanol–water partition coefficient (Wildman–Crippen LogP) is 3.85. The van der Waals surface area contributed by atoms with E-state index in [0.717, 1.165) is 10.9 Å². The number of aromatic nitrogens is 1. The van der Waals surface area contributed by atoms with Crippen LogP contribution in [0.25, 0.3) is 10.9 Å². The van der Waals surface area contributed by atoms with Crippen molar-refractivity contribution in [3.8, 4) is 5.75 Å². The van der Waals surface area contributed by atoms with Crippen LogP contribution in [0.2, 0.25) is 0 Å². The molecule has 0 aliphatic carbocycles. The SMILES string of the molecule is O=C(Nc1ccc2ncccc2c1)Oc1ccccc1. The molecule has 0 saturated carbocycles. The molecule has 20 heavy (non-hydrogen) atoms. The molecule has 0 aliphatic heterocycles. The van der Waals surface area contributed by atoms with E-state index in [2.05, 4.69) is 10.3 Å². The highest BCUT2D eigenvalue weighted by atomic mass is 16.6. The fraction of sp³-hybridized carbons (Fsp3) is 0. The number of pyridine rings is 1. The molecule has 0 fully saturated rings. The van der Waals surface area contributed by atoms with Gasteiger partial charge in [0.05, 0.1) is 5.52 Å². The number of nitrogens with one attached hydrogen (secondary N) is 1. The van der Waals surface area contributed by atoms with E-state index in [4.69, 9.17) is 4.74 Å². The van der Waals surface area contributed by atoms with Crippen molar-refractivity contribution in [1.82, 2.24) is 4.98 Å². The molecular formula is C16H12N2O2. The van der Waals surface area contributed by atoms with Gasteiger partial charge in [-0.15, -0.1) is 0 Å². The van der Waals surface area contributed by atoms with Crippen LogP contribution in [0.1, 0.15) is 0 Å². The molecule has 1 N–H and O–H groups in total. The van der Waals surface area contributed by atoms with Gasteiger partial charge in [0.15, 0.2) is 0 Å². The van der Waals surface area contributed by atoms with Crippen LogP contribution in [0.15, 0.2) is 66.9 Å². The Hall–Kier alpha value is -2.88. The van der Waals surface area contributed by atoms with Gasteiger partial charge in [-0.2, -0.15) is 0 Å². The molecule has 1 amide bonds. The Kier molecular flexibility index (Phi) is 3.29. The molecule has 3 aromatic rings. The van der Waals surface area contributed by atoms with Crippen LogP contribution in [-0.2, 0) is 0 Å². The van der Waals surface area contributed by atoms with Crippen LogP contribution < -0.4 is 10.1 Å². The molecule has 1 heterocycles. The lowest BCUT2D eigenvalue weighted by Gasteiger charge is -2.07. The van der Waals surface area contributed by atoms with E-state index in [-0.39, 0.29) is 0 Å². The standard InChI is InChI=1S/C16H12N2O2/c19-16(20-14-6-2-1-3-7-14)18-13-8-9-15-12(11-13)5-4-10-17-15/h1-11H,(H,18,19). The van der Waals surface area contributed by atoms with Gasteiger partial charge in [-0.1, -0.05) is 24.3 Å². The third kappa shape index (κ3) is 2.75. The van der Waals surface area contributed by atoms with Gasteiger partial charge in [-0.05, 0) is 36.4 Å². The molecule has 4 heteroatoms. The largest absolute Gasteiger partial charge is 0.417 e. The number of ether oxygens (including phenoxy) is 1. The number of amides is 1. The second kappa shape index (κ2) is 5.40. The van der Waals surface area contributed by atoms with Crippen molar-refractivity contribution >= 4 is 22.7 Å². The average Bonchev–Trinajstić information content (AvgIpc) is 2.48. The van der Waals surface area contributed by atoms with Gasteiger partial charge < -0.3 is 4.74 Å². The zero-order chi connectivity index (χ0) is 13.8. The molecule has 0 spiro atoms. The topological polar surface area (TPSA) is 51.2 Å². The first-order valence-electron chi connectivity index (χ1n) is 6.20. The number of rotatable bonds is 2. The second-order valence-electron chi connectivity index (χ2n) is 4.24. The van der Waals surface area contributed by atoms with E-state index in [1.807, 2.05) is 42.5 Å². The zero-order valence-electron chi connectivity index (χ0n) is 10.6. The Bertz CT molecular complexity index is 742. The quantitative estimate of drug-likeness (QED) is 0.765.